The molecule has 0 saturated carbocycles. The molecule has 1 rings (SSSR count). The van der Waals surface area contributed by atoms with E-state index in [4.69, 9.17) is 28.1 Å². The van der Waals surface area contributed by atoms with E-state index in [0.29, 0.717) is 0 Å². The number of nitro groups is 1. The van der Waals surface area contributed by atoms with Crippen LogP contribution in [0.2, 0.25) is 19.6 Å². The molecule has 0 bridgehead atoms. The standard InChI is InChI=1S/C24H37NO13Si/c1-13(26)33-12-20(34-14(2)27)23(36-16(4)29)24(37-17(5)30)22(35-15(3)28)18-10-9-11-19(21(18)25(31)32)38-39(6,7)8/h9,11,18-24H,10,12H2,1-8H3/t18-,19-,20+,21+,22?,23+,24+/m0/s1. The van der Waals surface area contributed by atoms with Crippen molar-refractivity contribution >= 4 is 38.2 Å². The molecular formula is C24H37NO13Si. The second kappa shape index (κ2) is 14.7. The monoisotopic (exact) mass is 575 g/mol. The van der Waals surface area contributed by atoms with Gasteiger partial charge in [-0.15, -0.1) is 0 Å². The minimum absolute atomic E-state index is 0.00187. The van der Waals surface area contributed by atoms with Gasteiger partial charge < -0.3 is 28.1 Å². The van der Waals surface area contributed by atoms with Gasteiger partial charge in [-0.25, -0.2) is 0 Å². The first-order chi connectivity index (χ1) is 17.9. The molecule has 14 nitrogen and oxygen atoms in total. The van der Waals surface area contributed by atoms with Crippen molar-refractivity contribution in [3.05, 3.63) is 22.3 Å². The SMILES string of the molecule is CC(=O)OC[C@@H](OC(C)=O)[C@@H](OC(C)=O)[C@H](OC(C)=O)C(OC(C)=O)[C@H]1CC=C[C@H](O[Si](C)(C)C)[C@@H]1[N+](=O)[O-]. The fraction of sp³-hybridized carbons (Fsp3) is 0.708. The van der Waals surface area contributed by atoms with Gasteiger partial charge in [-0.05, 0) is 26.1 Å². The van der Waals surface area contributed by atoms with E-state index in [0.717, 1.165) is 34.6 Å². The van der Waals surface area contributed by atoms with E-state index in [-0.39, 0.29) is 6.42 Å². The number of hydrogen-bond acceptors (Lipinski definition) is 13. The van der Waals surface area contributed by atoms with E-state index < -0.39 is 92.2 Å². The molecule has 1 aliphatic rings. The molecule has 0 spiro atoms. The van der Waals surface area contributed by atoms with Crippen molar-refractivity contribution < 1.29 is 57.0 Å². The summed E-state index contributed by atoms with van der Waals surface area (Å²) in [6, 6.07) is -1.46. The summed E-state index contributed by atoms with van der Waals surface area (Å²) in [6.07, 6.45) is -4.31. The zero-order chi connectivity index (χ0) is 30.1. The molecule has 0 N–H and O–H groups in total. The van der Waals surface area contributed by atoms with Gasteiger partial charge in [0.2, 0.25) is 6.04 Å². The number of rotatable bonds is 13. The lowest BCUT2D eigenvalue weighted by atomic mass is 9.79. The quantitative estimate of drug-likeness (QED) is 0.0773. The van der Waals surface area contributed by atoms with Crippen LogP contribution in [-0.4, -0.2) is 86.3 Å². The van der Waals surface area contributed by atoms with Crippen LogP contribution in [0.5, 0.6) is 0 Å². The molecule has 0 aliphatic heterocycles. The Balaban J connectivity index is 3.77. The highest BCUT2D eigenvalue weighted by molar-refractivity contribution is 6.69. The lowest BCUT2D eigenvalue weighted by Crippen LogP contribution is -2.59. The number of carbonyl (C=O) groups is 5. The maximum absolute atomic E-state index is 12.3. The molecule has 1 unspecified atom stereocenters. The Morgan fingerprint density at radius 1 is 0.846 bits per heavy atom. The third kappa shape index (κ3) is 11.5. The van der Waals surface area contributed by atoms with Crippen LogP contribution in [-0.2, 0) is 52.1 Å². The van der Waals surface area contributed by atoms with E-state index in [1.807, 2.05) is 19.6 Å². The Kier molecular flexibility index (Phi) is 12.7. The Morgan fingerprint density at radius 2 is 1.36 bits per heavy atom. The summed E-state index contributed by atoms with van der Waals surface area (Å²) in [5.74, 6) is -5.45. The normalized spacial score (nSPS) is 21.9. The van der Waals surface area contributed by atoms with Crippen LogP contribution in [0, 0.1) is 16.0 Å². The summed E-state index contributed by atoms with van der Waals surface area (Å²) in [5, 5.41) is 12.3. The number of esters is 5. The smallest absolute Gasteiger partial charge is 0.303 e. The van der Waals surface area contributed by atoms with Crippen molar-refractivity contribution in [1.82, 2.24) is 0 Å². The van der Waals surface area contributed by atoms with Gasteiger partial charge in [0.05, 0.1) is 5.92 Å². The van der Waals surface area contributed by atoms with Crippen LogP contribution >= 0.6 is 0 Å². The molecule has 0 heterocycles. The van der Waals surface area contributed by atoms with Crippen LogP contribution in [0.1, 0.15) is 41.0 Å². The van der Waals surface area contributed by atoms with E-state index >= 15 is 0 Å². The van der Waals surface area contributed by atoms with Gasteiger partial charge in [0.25, 0.3) is 0 Å². The minimum Gasteiger partial charge on any atom is -0.462 e. The Morgan fingerprint density at radius 3 is 1.79 bits per heavy atom. The number of hydrogen-bond donors (Lipinski definition) is 0. The van der Waals surface area contributed by atoms with Crippen LogP contribution in [0.4, 0.5) is 0 Å². The Hall–Kier alpha value is -3.33. The summed E-state index contributed by atoms with van der Waals surface area (Å²) in [4.78, 5) is 71.8. The first-order valence-corrected chi connectivity index (χ1v) is 15.6. The first kappa shape index (κ1) is 33.7. The van der Waals surface area contributed by atoms with Crippen LogP contribution in [0.25, 0.3) is 0 Å². The van der Waals surface area contributed by atoms with E-state index in [1.165, 1.54) is 0 Å². The number of nitrogens with zero attached hydrogens (tertiary/aromatic N) is 1. The van der Waals surface area contributed by atoms with Gasteiger partial charge in [0.15, 0.2) is 32.7 Å². The summed E-state index contributed by atoms with van der Waals surface area (Å²) in [5.41, 5.74) is 0. The molecule has 0 aromatic carbocycles. The molecule has 7 atom stereocenters. The molecule has 0 aromatic heterocycles. The molecule has 0 radical (unpaired) electrons. The van der Waals surface area contributed by atoms with Crippen molar-refractivity contribution in [3.63, 3.8) is 0 Å². The van der Waals surface area contributed by atoms with Gasteiger partial charge in [-0.3, -0.25) is 34.1 Å². The topological polar surface area (TPSA) is 184 Å². The van der Waals surface area contributed by atoms with Crippen molar-refractivity contribution in [2.45, 2.75) is 97.2 Å². The fourth-order valence-corrected chi connectivity index (χ4v) is 5.28. The number of allylic oxidation sites excluding steroid dienone is 1. The second-order valence-electron chi connectivity index (χ2n) is 9.97. The van der Waals surface area contributed by atoms with Gasteiger partial charge in [0.1, 0.15) is 12.7 Å². The van der Waals surface area contributed by atoms with Crippen LogP contribution in [0.15, 0.2) is 12.2 Å². The van der Waals surface area contributed by atoms with Gasteiger partial charge in [0, 0.05) is 39.5 Å². The van der Waals surface area contributed by atoms with Crippen molar-refractivity contribution in [1.29, 1.82) is 0 Å². The summed E-state index contributed by atoms with van der Waals surface area (Å²) < 4.78 is 32.6. The molecule has 15 heteroatoms. The average Bonchev–Trinajstić information content (AvgIpc) is 2.75. The summed E-state index contributed by atoms with van der Waals surface area (Å²) in [7, 11) is -2.31. The average molecular weight is 576 g/mol. The zero-order valence-electron chi connectivity index (χ0n) is 23.4. The lowest BCUT2D eigenvalue weighted by molar-refractivity contribution is -0.544. The third-order valence-corrected chi connectivity index (χ3v) is 6.33. The number of carbonyl (C=O) groups excluding carboxylic acids is 5. The molecule has 0 aromatic rings. The van der Waals surface area contributed by atoms with Gasteiger partial charge in [-0.2, -0.15) is 0 Å². The zero-order valence-corrected chi connectivity index (χ0v) is 24.4. The molecule has 39 heavy (non-hydrogen) atoms. The van der Waals surface area contributed by atoms with Crippen LogP contribution in [0.3, 0.4) is 0 Å². The highest BCUT2D eigenvalue weighted by atomic mass is 28.4. The van der Waals surface area contributed by atoms with E-state index in [1.54, 1.807) is 12.2 Å². The number of ether oxygens (including phenoxy) is 5. The minimum atomic E-state index is -2.31. The van der Waals surface area contributed by atoms with E-state index in [9.17, 15) is 34.1 Å². The lowest BCUT2D eigenvalue weighted by Gasteiger charge is -2.41. The largest absolute Gasteiger partial charge is 0.462 e. The van der Waals surface area contributed by atoms with E-state index in [2.05, 4.69) is 0 Å². The highest BCUT2D eigenvalue weighted by Gasteiger charge is 2.54. The fourth-order valence-electron chi connectivity index (χ4n) is 4.25. The molecular weight excluding hydrogens is 538 g/mol. The molecule has 0 saturated heterocycles. The Labute approximate surface area is 227 Å². The Bertz CT molecular complexity index is 960. The van der Waals surface area contributed by atoms with Crippen LogP contribution < -0.4 is 0 Å². The third-order valence-electron chi connectivity index (χ3n) is 5.35. The van der Waals surface area contributed by atoms with Crippen molar-refractivity contribution in [2.75, 3.05) is 6.61 Å². The summed E-state index contributed by atoms with van der Waals surface area (Å²) >= 11 is 0. The second-order valence-corrected chi connectivity index (χ2v) is 14.4. The van der Waals surface area contributed by atoms with Crippen molar-refractivity contribution in [2.24, 2.45) is 5.92 Å². The maximum Gasteiger partial charge on any atom is 0.303 e. The van der Waals surface area contributed by atoms with Gasteiger partial charge >= 0.3 is 29.8 Å². The molecule has 1 aliphatic carbocycles. The maximum atomic E-state index is 12.3. The molecule has 220 valence electrons. The van der Waals surface area contributed by atoms with Gasteiger partial charge in [-0.1, -0.05) is 12.2 Å². The van der Waals surface area contributed by atoms with Crippen molar-refractivity contribution in [3.8, 4) is 0 Å². The molecule has 0 fully saturated rings. The highest BCUT2D eigenvalue weighted by Crippen LogP contribution is 2.34. The molecule has 0 amide bonds. The first-order valence-electron chi connectivity index (χ1n) is 12.2. The predicted octanol–water partition coefficient (Wildman–Crippen LogP) is 1.72. The summed E-state index contributed by atoms with van der Waals surface area (Å²) in [6.45, 7) is 10.2. The predicted molar refractivity (Wildman–Crippen MR) is 135 cm³/mol.